The second kappa shape index (κ2) is 6.73. The van der Waals surface area contributed by atoms with Gasteiger partial charge in [0.05, 0.1) is 22.7 Å². The molecule has 0 aliphatic heterocycles. The first-order valence-electron chi connectivity index (χ1n) is 6.52. The van der Waals surface area contributed by atoms with Crippen molar-refractivity contribution < 1.29 is 9.90 Å². The van der Waals surface area contributed by atoms with E-state index in [9.17, 15) is 9.90 Å². The van der Waals surface area contributed by atoms with Crippen molar-refractivity contribution in [1.82, 2.24) is 5.32 Å². The molecule has 0 aromatic heterocycles. The Morgan fingerprint density at radius 2 is 2.05 bits per heavy atom. The molecule has 2 unspecified atom stereocenters. The number of aliphatic hydroxyl groups excluding tert-OH is 1. The van der Waals surface area contributed by atoms with Gasteiger partial charge in [-0.3, -0.25) is 4.79 Å². The maximum absolute atomic E-state index is 12.2. The van der Waals surface area contributed by atoms with Crippen LogP contribution in [0.15, 0.2) is 22.7 Å². The minimum atomic E-state index is -0.461. The van der Waals surface area contributed by atoms with Gasteiger partial charge in [0.2, 0.25) is 0 Å². The van der Waals surface area contributed by atoms with E-state index in [1.54, 1.807) is 18.2 Å². The highest BCUT2D eigenvalue weighted by Gasteiger charge is 2.24. The Kier molecular flexibility index (Phi) is 5.25. The van der Waals surface area contributed by atoms with Crippen molar-refractivity contribution in [3.8, 4) is 0 Å². The number of hydrogen-bond donors (Lipinski definition) is 2. The summed E-state index contributed by atoms with van der Waals surface area (Å²) in [5.41, 5.74) is 0.437. The molecule has 0 bridgehead atoms. The van der Waals surface area contributed by atoms with Crippen LogP contribution in [-0.2, 0) is 0 Å². The van der Waals surface area contributed by atoms with Gasteiger partial charge < -0.3 is 10.4 Å². The van der Waals surface area contributed by atoms with Gasteiger partial charge in [0.15, 0.2) is 0 Å². The molecule has 2 N–H and O–H groups in total. The Hall–Kier alpha value is -0.580. The van der Waals surface area contributed by atoms with E-state index in [-0.39, 0.29) is 11.9 Å². The van der Waals surface area contributed by atoms with Crippen molar-refractivity contribution in [3.63, 3.8) is 0 Å². The molecule has 0 heterocycles. The first kappa shape index (κ1) is 14.8. The molecule has 5 heteroatoms. The molecule has 1 saturated carbocycles. The highest BCUT2D eigenvalue weighted by molar-refractivity contribution is 9.10. The summed E-state index contributed by atoms with van der Waals surface area (Å²) in [5.74, 6) is -0.225. The van der Waals surface area contributed by atoms with E-state index < -0.39 is 6.10 Å². The number of carbonyl (C=O) groups is 1. The van der Waals surface area contributed by atoms with Gasteiger partial charge in [0.25, 0.3) is 5.91 Å². The van der Waals surface area contributed by atoms with E-state index in [1.165, 1.54) is 0 Å². The molecular weight excluding hydrogens is 330 g/mol. The maximum Gasteiger partial charge on any atom is 0.253 e. The summed E-state index contributed by atoms with van der Waals surface area (Å²) in [6.45, 7) is 0. The Labute approximate surface area is 126 Å². The third kappa shape index (κ3) is 3.94. The predicted molar refractivity (Wildman–Crippen MR) is 79.5 cm³/mol. The van der Waals surface area contributed by atoms with E-state index in [0.717, 1.165) is 36.6 Å². The van der Waals surface area contributed by atoms with Crippen LogP contribution in [0.5, 0.6) is 0 Å². The number of halogens is 2. The number of amides is 1. The molecule has 19 heavy (non-hydrogen) atoms. The lowest BCUT2D eigenvalue weighted by Gasteiger charge is -2.22. The normalized spacial score (nSPS) is 23.7. The summed E-state index contributed by atoms with van der Waals surface area (Å²) in [6, 6.07) is 5.00. The fraction of sp³-hybridized carbons (Fsp3) is 0.500. The van der Waals surface area contributed by atoms with Crippen LogP contribution in [0.2, 0.25) is 5.02 Å². The smallest absolute Gasteiger partial charge is 0.253 e. The topological polar surface area (TPSA) is 49.3 Å². The summed E-state index contributed by atoms with van der Waals surface area (Å²) >= 11 is 9.36. The molecular formula is C14H17BrClNO2. The largest absolute Gasteiger partial charge is 0.391 e. The van der Waals surface area contributed by atoms with Gasteiger partial charge in [0.1, 0.15) is 0 Å². The van der Waals surface area contributed by atoms with Crippen LogP contribution < -0.4 is 5.32 Å². The van der Waals surface area contributed by atoms with Gasteiger partial charge in [-0.25, -0.2) is 0 Å². The molecule has 3 nitrogen and oxygen atoms in total. The quantitative estimate of drug-likeness (QED) is 0.805. The minimum Gasteiger partial charge on any atom is -0.391 e. The van der Waals surface area contributed by atoms with Gasteiger partial charge in [-0.2, -0.15) is 0 Å². The van der Waals surface area contributed by atoms with E-state index in [4.69, 9.17) is 11.6 Å². The van der Waals surface area contributed by atoms with Crippen molar-refractivity contribution in [2.24, 2.45) is 0 Å². The molecule has 2 atom stereocenters. The molecule has 2 rings (SSSR count). The number of hydrogen-bond acceptors (Lipinski definition) is 2. The second-order valence-electron chi connectivity index (χ2n) is 4.91. The fourth-order valence-corrected chi connectivity index (χ4v) is 2.94. The van der Waals surface area contributed by atoms with Crippen molar-refractivity contribution in [1.29, 1.82) is 0 Å². The SMILES string of the molecule is O=C(NC1CCCCCC1O)c1cc(Br)ccc1Cl. The highest BCUT2D eigenvalue weighted by atomic mass is 79.9. The maximum atomic E-state index is 12.2. The molecule has 1 aromatic carbocycles. The van der Waals surface area contributed by atoms with Gasteiger partial charge >= 0.3 is 0 Å². The van der Waals surface area contributed by atoms with Crippen LogP contribution in [0.25, 0.3) is 0 Å². The number of carbonyl (C=O) groups excluding carboxylic acids is 1. The summed E-state index contributed by atoms with van der Waals surface area (Å²) in [4.78, 5) is 12.2. The van der Waals surface area contributed by atoms with E-state index >= 15 is 0 Å². The Morgan fingerprint density at radius 1 is 1.32 bits per heavy atom. The average molecular weight is 347 g/mol. The molecule has 1 aromatic rings. The minimum absolute atomic E-state index is 0.176. The van der Waals surface area contributed by atoms with Crippen LogP contribution in [0.1, 0.15) is 42.5 Å². The number of nitrogens with one attached hydrogen (secondary N) is 1. The van der Waals surface area contributed by atoms with Crippen molar-refractivity contribution in [3.05, 3.63) is 33.3 Å². The lowest BCUT2D eigenvalue weighted by Crippen LogP contribution is -2.42. The van der Waals surface area contributed by atoms with Crippen molar-refractivity contribution in [2.45, 2.75) is 44.2 Å². The molecule has 1 aliphatic carbocycles. The zero-order chi connectivity index (χ0) is 13.8. The summed E-state index contributed by atoms with van der Waals surface area (Å²) in [6.07, 6.45) is 4.27. The molecule has 1 aliphatic rings. The third-order valence-corrected chi connectivity index (χ3v) is 4.29. The van der Waals surface area contributed by atoms with Crippen LogP contribution in [0.4, 0.5) is 0 Å². The Balaban J connectivity index is 2.09. The van der Waals surface area contributed by atoms with E-state index in [2.05, 4.69) is 21.2 Å². The lowest BCUT2D eigenvalue weighted by molar-refractivity contribution is 0.0819. The van der Waals surface area contributed by atoms with Gasteiger partial charge in [-0.15, -0.1) is 0 Å². The second-order valence-corrected chi connectivity index (χ2v) is 6.23. The zero-order valence-electron chi connectivity index (χ0n) is 10.5. The van der Waals surface area contributed by atoms with Crippen LogP contribution >= 0.6 is 27.5 Å². The standard InChI is InChI=1S/C14H17BrClNO2/c15-9-6-7-11(16)10(8-9)14(19)17-12-4-2-1-3-5-13(12)18/h6-8,12-13,18H,1-5H2,(H,17,19). The highest BCUT2D eigenvalue weighted by Crippen LogP contribution is 2.22. The zero-order valence-corrected chi connectivity index (χ0v) is 12.9. The van der Waals surface area contributed by atoms with Crippen molar-refractivity contribution >= 4 is 33.4 Å². The molecule has 0 saturated heterocycles. The number of rotatable bonds is 2. The summed E-state index contributed by atoms with van der Waals surface area (Å²) in [7, 11) is 0. The van der Waals surface area contributed by atoms with Crippen molar-refractivity contribution in [2.75, 3.05) is 0 Å². The van der Waals surface area contributed by atoms with Crippen LogP contribution in [-0.4, -0.2) is 23.2 Å². The predicted octanol–water partition coefficient (Wildman–Crippen LogP) is 3.53. The van der Waals surface area contributed by atoms with E-state index in [0.29, 0.717) is 10.6 Å². The first-order valence-corrected chi connectivity index (χ1v) is 7.69. The Morgan fingerprint density at radius 3 is 2.84 bits per heavy atom. The molecule has 1 fully saturated rings. The molecule has 1 amide bonds. The van der Waals surface area contributed by atoms with Crippen LogP contribution in [0.3, 0.4) is 0 Å². The average Bonchev–Trinajstić information content (AvgIpc) is 2.58. The molecule has 104 valence electrons. The monoisotopic (exact) mass is 345 g/mol. The summed E-state index contributed by atoms with van der Waals surface area (Å²) < 4.78 is 0.809. The first-order chi connectivity index (χ1) is 9.08. The van der Waals surface area contributed by atoms with Gasteiger partial charge in [0, 0.05) is 4.47 Å². The van der Waals surface area contributed by atoms with Crippen LogP contribution in [0, 0.1) is 0 Å². The van der Waals surface area contributed by atoms with Gasteiger partial charge in [-0.05, 0) is 31.0 Å². The third-order valence-electron chi connectivity index (χ3n) is 3.47. The van der Waals surface area contributed by atoms with E-state index in [1.807, 2.05) is 0 Å². The molecule has 0 spiro atoms. The number of aliphatic hydroxyl groups is 1. The summed E-state index contributed by atoms with van der Waals surface area (Å²) in [5, 5.41) is 13.3. The molecule has 0 radical (unpaired) electrons. The fourth-order valence-electron chi connectivity index (χ4n) is 2.37. The van der Waals surface area contributed by atoms with Gasteiger partial charge in [-0.1, -0.05) is 46.8 Å². The lowest BCUT2D eigenvalue weighted by atomic mass is 10.1. The Bertz CT molecular complexity index is 467. The number of benzene rings is 1.